The summed E-state index contributed by atoms with van der Waals surface area (Å²) in [5.74, 6) is 1.05. The predicted octanol–water partition coefficient (Wildman–Crippen LogP) is 2.96. The lowest BCUT2D eigenvalue weighted by molar-refractivity contribution is -0.120. The van der Waals surface area contributed by atoms with Crippen LogP contribution in [0.15, 0.2) is 18.2 Å². The molecule has 0 radical (unpaired) electrons. The van der Waals surface area contributed by atoms with Crippen molar-refractivity contribution in [2.75, 3.05) is 0 Å². The van der Waals surface area contributed by atoms with Crippen LogP contribution in [0.2, 0.25) is 0 Å². The lowest BCUT2D eigenvalue weighted by atomic mass is 9.49. The van der Waals surface area contributed by atoms with Gasteiger partial charge in [-0.05, 0) is 79.0 Å². The molecule has 1 unspecified atom stereocenters. The molecule has 5 atom stereocenters. The molecule has 4 rings (SSSR count). The van der Waals surface area contributed by atoms with Gasteiger partial charge in [0.05, 0.1) is 11.5 Å². The third-order valence-corrected chi connectivity index (χ3v) is 6.91. The first-order chi connectivity index (χ1) is 10.5. The monoisotopic (exact) mass is 300 g/mol. The van der Waals surface area contributed by atoms with Gasteiger partial charge in [0.1, 0.15) is 12.0 Å². The van der Waals surface area contributed by atoms with Crippen LogP contribution in [0.5, 0.6) is 5.75 Å². The third-order valence-electron chi connectivity index (χ3n) is 6.91. The predicted molar refractivity (Wildman–Crippen MR) is 83.7 cm³/mol. The summed E-state index contributed by atoms with van der Waals surface area (Å²) in [5.41, 5.74) is 2.03. The molecule has 0 spiro atoms. The molecule has 0 saturated heterocycles. The Kier molecular flexibility index (Phi) is 2.96. The molecule has 118 valence electrons. The van der Waals surface area contributed by atoms with E-state index in [2.05, 4.69) is 6.92 Å². The highest BCUT2D eigenvalue weighted by molar-refractivity contribution is 5.72. The van der Waals surface area contributed by atoms with E-state index in [1.165, 1.54) is 6.29 Å². The van der Waals surface area contributed by atoms with Crippen LogP contribution in [0.1, 0.15) is 50.2 Å². The number of aldehydes is 1. The number of aliphatic hydroxyl groups is 1. The minimum atomic E-state index is -0.407. The van der Waals surface area contributed by atoms with Crippen molar-refractivity contribution in [2.24, 2.45) is 17.3 Å². The number of carbonyl (C=O) groups is 1. The Morgan fingerprint density at radius 3 is 2.86 bits per heavy atom. The summed E-state index contributed by atoms with van der Waals surface area (Å²) in [5, 5.41) is 19.9. The van der Waals surface area contributed by atoms with Crippen molar-refractivity contribution in [2.45, 2.75) is 57.0 Å². The molecule has 3 aliphatic rings. The summed E-state index contributed by atoms with van der Waals surface area (Å²) in [6.45, 7) is 2.30. The average molecular weight is 300 g/mol. The van der Waals surface area contributed by atoms with Crippen LogP contribution < -0.4 is 0 Å². The number of benzene rings is 1. The number of aliphatic hydroxyl groups excluding tert-OH is 1. The van der Waals surface area contributed by atoms with E-state index in [4.69, 9.17) is 0 Å². The number of carbonyl (C=O) groups excluding carboxylic acids is 1. The second-order valence-corrected chi connectivity index (χ2v) is 8.00. The number of phenols is 1. The van der Waals surface area contributed by atoms with E-state index < -0.39 is 5.41 Å². The Bertz CT molecular complexity index is 625. The number of fused-ring (bicyclic) bond motifs is 5. The summed E-state index contributed by atoms with van der Waals surface area (Å²) >= 11 is 0. The first-order valence-corrected chi connectivity index (χ1v) is 8.45. The minimum Gasteiger partial charge on any atom is -0.508 e. The van der Waals surface area contributed by atoms with Gasteiger partial charge in [-0.1, -0.05) is 13.0 Å². The molecule has 2 fully saturated rings. The van der Waals surface area contributed by atoms with E-state index in [0.29, 0.717) is 11.8 Å². The van der Waals surface area contributed by atoms with Crippen molar-refractivity contribution in [1.82, 2.24) is 0 Å². The van der Waals surface area contributed by atoms with Gasteiger partial charge in [0.15, 0.2) is 0 Å². The molecule has 0 heterocycles. The summed E-state index contributed by atoms with van der Waals surface area (Å²) < 4.78 is 0. The van der Waals surface area contributed by atoms with Crippen LogP contribution in [0.4, 0.5) is 0 Å². The van der Waals surface area contributed by atoms with Crippen molar-refractivity contribution in [3.8, 4) is 5.75 Å². The highest BCUT2D eigenvalue weighted by Gasteiger charge is 2.59. The first kappa shape index (κ1) is 14.3. The van der Waals surface area contributed by atoms with Crippen LogP contribution in [0, 0.1) is 17.3 Å². The van der Waals surface area contributed by atoms with Gasteiger partial charge < -0.3 is 15.0 Å². The van der Waals surface area contributed by atoms with Crippen molar-refractivity contribution in [3.05, 3.63) is 29.3 Å². The second kappa shape index (κ2) is 4.58. The maximum atomic E-state index is 12.2. The Hall–Kier alpha value is -1.35. The third kappa shape index (κ3) is 1.75. The molecule has 2 N–H and O–H groups in total. The molecule has 1 aromatic rings. The number of phenolic OH excluding ortho intramolecular Hbond substituents is 1. The Morgan fingerprint density at radius 2 is 2.09 bits per heavy atom. The fourth-order valence-electron chi connectivity index (χ4n) is 5.88. The van der Waals surface area contributed by atoms with E-state index >= 15 is 0 Å². The Balaban J connectivity index is 1.82. The average Bonchev–Trinajstić information content (AvgIpc) is 2.80. The van der Waals surface area contributed by atoms with Gasteiger partial charge in [-0.3, -0.25) is 0 Å². The second-order valence-electron chi connectivity index (χ2n) is 8.00. The summed E-state index contributed by atoms with van der Waals surface area (Å²) in [6.07, 6.45) is 6.48. The van der Waals surface area contributed by atoms with Crippen molar-refractivity contribution >= 4 is 6.29 Å². The standard InChI is InChI=1S/C19H24O3/c1-18-6-7-19(11-20)15-5-3-13(21)8-12(15)2-4-16(19)17(18)9-14(22)10-18/h3,5,8,11,14,16-17,21-22H,2,4,6-7,9-10H2,1H3/t14-,16+,17+,18-,19?/m1/s1. The highest BCUT2D eigenvalue weighted by atomic mass is 16.3. The number of aromatic hydroxyl groups is 1. The zero-order chi connectivity index (χ0) is 15.5. The van der Waals surface area contributed by atoms with Gasteiger partial charge in [0, 0.05) is 0 Å². The number of hydrogen-bond donors (Lipinski definition) is 2. The van der Waals surface area contributed by atoms with Crippen LogP contribution in [-0.2, 0) is 16.6 Å². The molecular weight excluding hydrogens is 276 g/mol. The fourth-order valence-corrected chi connectivity index (χ4v) is 5.88. The molecule has 22 heavy (non-hydrogen) atoms. The summed E-state index contributed by atoms with van der Waals surface area (Å²) in [6, 6.07) is 5.50. The molecule has 0 amide bonds. The van der Waals surface area contributed by atoms with E-state index in [0.717, 1.165) is 49.7 Å². The van der Waals surface area contributed by atoms with Gasteiger partial charge in [0.2, 0.25) is 0 Å². The van der Waals surface area contributed by atoms with Gasteiger partial charge in [0.25, 0.3) is 0 Å². The number of rotatable bonds is 1. The quantitative estimate of drug-likeness (QED) is 0.784. The van der Waals surface area contributed by atoms with Gasteiger partial charge in [-0.15, -0.1) is 0 Å². The zero-order valence-corrected chi connectivity index (χ0v) is 13.1. The molecular formula is C19H24O3. The summed E-state index contributed by atoms with van der Waals surface area (Å²) in [4.78, 5) is 12.2. The maximum absolute atomic E-state index is 12.2. The van der Waals surface area contributed by atoms with E-state index in [-0.39, 0.29) is 17.3 Å². The van der Waals surface area contributed by atoms with Crippen molar-refractivity contribution in [3.63, 3.8) is 0 Å². The molecule has 0 aromatic heterocycles. The molecule has 3 heteroatoms. The largest absolute Gasteiger partial charge is 0.508 e. The van der Waals surface area contributed by atoms with E-state index in [9.17, 15) is 15.0 Å². The molecule has 0 bridgehead atoms. The SMILES string of the molecule is C[C@]12CCC3(C=O)c4ccc(O)cc4CC[C@H]3[C@@H]1C[C@@H](O)C2. The van der Waals surface area contributed by atoms with E-state index in [1.807, 2.05) is 12.1 Å². The van der Waals surface area contributed by atoms with Crippen molar-refractivity contribution < 1.29 is 15.0 Å². The van der Waals surface area contributed by atoms with E-state index in [1.54, 1.807) is 6.07 Å². The normalized spacial score (nSPS) is 43.1. The molecule has 0 aliphatic heterocycles. The highest BCUT2D eigenvalue weighted by Crippen LogP contribution is 2.62. The molecule has 1 aromatic carbocycles. The molecule has 3 nitrogen and oxygen atoms in total. The Labute approximate surface area is 131 Å². The summed E-state index contributed by atoms with van der Waals surface area (Å²) in [7, 11) is 0. The number of aryl methyl sites for hydroxylation is 1. The fraction of sp³-hybridized carbons (Fsp3) is 0.632. The first-order valence-electron chi connectivity index (χ1n) is 8.45. The molecule has 3 aliphatic carbocycles. The van der Waals surface area contributed by atoms with Gasteiger partial charge >= 0.3 is 0 Å². The van der Waals surface area contributed by atoms with Crippen LogP contribution in [0.3, 0.4) is 0 Å². The number of hydrogen-bond acceptors (Lipinski definition) is 3. The van der Waals surface area contributed by atoms with Gasteiger partial charge in [-0.25, -0.2) is 0 Å². The zero-order valence-electron chi connectivity index (χ0n) is 13.1. The van der Waals surface area contributed by atoms with Crippen LogP contribution >= 0.6 is 0 Å². The van der Waals surface area contributed by atoms with Crippen molar-refractivity contribution in [1.29, 1.82) is 0 Å². The minimum absolute atomic E-state index is 0.186. The van der Waals surface area contributed by atoms with Crippen LogP contribution in [0.25, 0.3) is 0 Å². The topological polar surface area (TPSA) is 57.5 Å². The maximum Gasteiger partial charge on any atom is 0.130 e. The smallest absolute Gasteiger partial charge is 0.130 e. The lowest BCUT2D eigenvalue weighted by Gasteiger charge is -2.54. The Morgan fingerprint density at radius 1 is 1.27 bits per heavy atom. The lowest BCUT2D eigenvalue weighted by Crippen LogP contribution is -2.51. The van der Waals surface area contributed by atoms with Gasteiger partial charge in [-0.2, -0.15) is 0 Å². The van der Waals surface area contributed by atoms with Crippen LogP contribution in [-0.4, -0.2) is 22.6 Å². The molecule has 2 saturated carbocycles.